The van der Waals surface area contributed by atoms with Gasteiger partial charge in [0.1, 0.15) is 11.9 Å². The van der Waals surface area contributed by atoms with Crippen LogP contribution in [0.2, 0.25) is 0 Å². The molecule has 7 nitrogen and oxygen atoms in total. The van der Waals surface area contributed by atoms with Gasteiger partial charge in [0, 0.05) is 19.1 Å². The van der Waals surface area contributed by atoms with Gasteiger partial charge in [-0.3, -0.25) is 9.59 Å². The first-order chi connectivity index (χ1) is 14.7. The number of sulfonamides is 1. The molecule has 1 saturated heterocycles. The second-order valence-corrected chi connectivity index (χ2v) is 10.8. The number of benzene rings is 1. The van der Waals surface area contributed by atoms with Gasteiger partial charge in [0.2, 0.25) is 21.8 Å². The van der Waals surface area contributed by atoms with E-state index < -0.39 is 27.8 Å². The Morgan fingerprint density at radius 3 is 2.32 bits per heavy atom. The molecule has 1 heterocycles. The molecule has 2 fully saturated rings. The summed E-state index contributed by atoms with van der Waals surface area (Å²) >= 11 is 0. The van der Waals surface area contributed by atoms with Gasteiger partial charge in [0.15, 0.2) is 0 Å². The molecule has 2 atom stereocenters. The van der Waals surface area contributed by atoms with Crippen LogP contribution in [0.1, 0.15) is 52.4 Å². The fourth-order valence-electron chi connectivity index (χ4n) is 4.30. The van der Waals surface area contributed by atoms with Crippen LogP contribution in [0.15, 0.2) is 29.2 Å². The van der Waals surface area contributed by atoms with Crippen LogP contribution < -0.4 is 10.6 Å². The molecule has 1 aliphatic heterocycles. The van der Waals surface area contributed by atoms with Crippen molar-refractivity contribution in [2.24, 2.45) is 11.8 Å². The predicted molar refractivity (Wildman–Crippen MR) is 115 cm³/mol. The lowest BCUT2D eigenvalue weighted by Gasteiger charge is -2.32. The maximum atomic E-state index is 13.2. The molecule has 0 bridgehead atoms. The van der Waals surface area contributed by atoms with Crippen LogP contribution in [0.25, 0.3) is 0 Å². The standard InChI is InChI=1S/C22H32FN3O4S/c1-15(2)20(22(28)24-18-7-3-4-8-18)25-21(27)16-6-5-13-26(14-16)31(29,30)19-11-9-17(23)10-12-19/h9-12,15-16,18,20H,3-8,13-14H2,1-2H3,(H,24,28)(H,25,27). The fourth-order valence-corrected chi connectivity index (χ4v) is 5.82. The highest BCUT2D eigenvalue weighted by Gasteiger charge is 2.35. The van der Waals surface area contributed by atoms with E-state index in [9.17, 15) is 22.4 Å². The van der Waals surface area contributed by atoms with Gasteiger partial charge in [-0.2, -0.15) is 4.31 Å². The molecule has 1 aromatic rings. The minimum absolute atomic E-state index is 0.00552. The molecule has 172 valence electrons. The molecular formula is C22H32FN3O4S. The Hall–Kier alpha value is -2.00. The maximum Gasteiger partial charge on any atom is 0.243 e. The zero-order valence-electron chi connectivity index (χ0n) is 18.1. The highest BCUT2D eigenvalue weighted by Crippen LogP contribution is 2.24. The van der Waals surface area contributed by atoms with Gasteiger partial charge in [-0.25, -0.2) is 12.8 Å². The first kappa shape index (κ1) is 23.7. The second kappa shape index (κ2) is 10.1. The average Bonchev–Trinajstić information content (AvgIpc) is 3.25. The largest absolute Gasteiger partial charge is 0.352 e. The van der Waals surface area contributed by atoms with E-state index in [1.165, 1.54) is 16.4 Å². The van der Waals surface area contributed by atoms with Crippen LogP contribution in [0.3, 0.4) is 0 Å². The fraction of sp³-hybridized carbons (Fsp3) is 0.636. The molecule has 0 aromatic heterocycles. The van der Waals surface area contributed by atoms with E-state index in [-0.39, 0.29) is 35.2 Å². The van der Waals surface area contributed by atoms with E-state index in [2.05, 4.69) is 10.6 Å². The van der Waals surface area contributed by atoms with Crippen molar-refractivity contribution in [2.45, 2.75) is 69.4 Å². The van der Waals surface area contributed by atoms with E-state index in [0.717, 1.165) is 37.8 Å². The SMILES string of the molecule is CC(C)C(NC(=O)C1CCCN(S(=O)(=O)c2ccc(F)cc2)C1)C(=O)NC1CCCC1. The van der Waals surface area contributed by atoms with E-state index in [1.807, 2.05) is 13.8 Å². The first-order valence-corrected chi connectivity index (χ1v) is 12.5. The van der Waals surface area contributed by atoms with Crippen LogP contribution in [0, 0.1) is 17.7 Å². The topological polar surface area (TPSA) is 95.6 Å². The number of rotatable bonds is 7. The van der Waals surface area contributed by atoms with Gasteiger partial charge in [-0.15, -0.1) is 0 Å². The Bertz CT molecular complexity index is 883. The second-order valence-electron chi connectivity index (χ2n) is 8.88. The number of nitrogens with zero attached hydrogens (tertiary/aromatic N) is 1. The molecule has 1 saturated carbocycles. The molecule has 3 rings (SSSR count). The van der Waals surface area contributed by atoms with Gasteiger partial charge in [0.05, 0.1) is 10.8 Å². The zero-order valence-corrected chi connectivity index (χ0v) is 19.0. The molecule has 0 radical (unpaired) electrons. The highest BCUT2D eigenvalue weighted by molar-refractivity contribution is 7.89. The van der Waals surface area contributed by atoms with Crippen LogP contribution >= 0.6 is 0 Å². The van der Waals surface area contributed by atoms with Crippen molar-refractivity contribution in [1.82, 2.24) is 14.9 Å². The summed E-state index contributed by atoms with van der Waals surface area (Å²) in [6.45, 7) is 4.11. The molecule has 2 N–H and O–H groups in total. The molecule has 2 aliphatic rings. The van der Waals surface area contributed by atoms with Crippen molar-refractivity contribution in [3.8, 4) is 0 Å². The molecular weight excluding hydrogens is 421 g/mol. The van der Waals surface area contributed by atoms with Gasteiger partial charge >= 0.3 is 0 Å². The Morgan fingerprint density at radius 2 is 1.71 bits per heavy atom. The first-order valence-electron chi connectivity index (χ1n) is 11.0. The van der Waals surface area contributed by atoms with Crippen LogP contribution in [-0.2, 0) is 19.6 Å². The number of amides is 2. The number of carbonyl (C=O) groups is 2. The summed E-state index contributed by atoms with van der Waals surface area (Å²) in [6, 6.07) is 4.19. The Labute approximate surface area is 183 Å². The van der Waals surface area contributed by atoms with Gasteiger partial charge in [-0.05, 0) is 55.9 Å². The predicted octanol–water partition coefficient (Wildman–Crippen LogP) is 2.43. The van der Waals surface area contributed by atoms with Crippen LogP contribution in [0.5, 0.6) is 0 Å². The summed E-state index contributed by atoms with van der Waals surface area (Å²) in [5, 5.41) is 5.89. The van der Waals surface area contributed by atoms with E-state index in [0.29, 0.717) is 19.4 Å². The summed E-state index contributed by atoms with van der Waals surface area (Å²) in [6.07, 6.45) is 5.22. The third-order valence-corrected chi connectivity index (χ3v) is 8.03. The number of halogens is 1. The lowest BCUT2D eigenvalue weighted by atomic mass is 9.96. The summed E-state index contributed by atoms with van der Waals surface area (Å²) < 4.78 is 40.3. The Morgan fingerprint density at radius 1 is 1.06 bits per heavy atom. The molecule has 2 amide bonds. The van der Waals surface area contributed by atoms with E-state index in [1.54, 1.807) is 0 Å². The van der Waals surface area contributed by atoms with E-state index >= 15 is 0 Å². The monoisotopic (exact) mass is 453 g/mol. The lowest BCUT2D eigenvalue weighted by molar-refractivity contribution is -0.133. The van der Waals surface area contributed by atoms with Crippen molar-refractivity contribution in [3.05, 3.63) is 30.1 Å². The highest BCUT2D eigenvalue weighted by atomic mass is 32.2. The van der Waals surface area contributed by atoms with Gasteiger partial charge in [-0.1, -0.05) is 26.7 Å². The average molecular weight is 454 g/mol. The minimum atomic E-state index is -3.81. The normalized spacial score (nSPS) is 21.7. The van der Waals surface area contributed by atoms with Crippen molar-refractivity contribution in [2.75, 3.05) is 13.1 Å². The zero-order chi connectivity index (χ0) is 22.6. The summed E-state index contributed by atoms with van der Waals surface area (Å²) in [5.74, 6) is -1.62. The van der Waals surface area contributed by atoms with E-state index in [4.69, 9.17) is 0 Å². The summed E-state index contributed by atoms with van der Waals surface area (Å²) in [4.78, 5) is 25.7. The molecule has 1 aliphatic carbocycles. The smallest absolute Gasteiger partial charge is 0.243 e. The van der Waals surface area contributed by atoms with Crippen molar-refractivity contribution < 1.29 is 22.4 Å². The van der Waals surface area contributed by atoms with Crippen molar-refractivity contribution in [3.63, 3.8) is 0 Å². The molecule has 2 unspecified atom stereocenters. The Kier molecular flexibility index (Phi) is 7.69. The van der Waals surface area contributed by atoms with Gasteiger partial charge in [0.25, 0.3) is 0 Å². The van der Waals surface area contributed by atoms with Crippen molar-refractivity contribution >= 4 is 21.8 Å². The number of hydrogen-bond donors (Lipinski definition) is 2. The number of carbonyl (C=O) groups excluding carboxylic acids is 2. The minimum Gasteiger partial charge on any atom is -0.352 e. The third-order valence-electron chi connectivity index (χ3n) is 6.15. The summed E-state index contributed by atoms with van der Waals surface area (Å²) in [7, 11) is -3.81. The number of piperidine rings is 1. The number of hydrogen-bond acceptors (Lipinski definition) is 4. The van der Waals surface area contributed by atoms with Gasteiger partial charge < -0.3 is 10.6 Å². The molecule has 1 aromatic carbocycles. The van der Waals surface area contributed by atoms with Crippen LogP contribution in [-0.4, -0.2) is 49.7 Å². The van der Waals surface area contributed by atoms with Crippen molar-refractivity contribution in [1.29, 1.82) is 0 Å². The Balaban J connectivity index is 1.64. The molecule has 31 heavy (non-hydrogen) atoms. The number of nitrogens with one attached hydrogen (secondary N) is 2. The maximum absolute atomic E-state index is 13.2. The molecule has 9 heteroatoms. The summed E-state index contributed by atoms with van der Waals surface area (Å²) in [5.41, 5.74) is 0. The van der Waals surface area contributed by atoms with Crippen LogP contribution in [0.4, 0.5) is 4.39 Å². The quantitative estimate of drug-likeness (QED) is 0.663. The third kappa shape index (κ3) is 5.83. The lowest BCUT2D eigenvalue weighted by Crippen LogP contribution is -2.54. The molecule has 0 spiro atoms.